The van der Waals surface area contributed by atoms with Gasteiger partial charge in [-0.25, -0.2) is 8.42 Å². The average Bonchev–Trinajstić information content (AvgIpc) is 2.86. The number of amides is 2. The second-order valence-corrected chi connectivity index (χ2v) is 11.4. The van der Waals surface area contributed by atoms with Gasteiger partial charge in [-0.15, -0.1) is 0 Å². The van der Waals surface area contributed by atoms with E-state index in [0.29, 0.717) is 10.7 Å². The number of rotatable bonds is 10. The molecular formula is C28H32ClN3O4S. The lowest BCUT2D eigenvalue weighted by Crippen LogP contribution is -2.52. The maximum Gasteiger partial charge on any atom is 0.264 e. The van der Waals surface area contributed by atoms with Gasteiger partial charge in [0.05, 0.1) is 10.6 Å². The molecular weight excluding hydrogens is 510 g/mol. The molecule has 0 heterocycles. The van der Waals surface area contributed by atoms with E-state index < -0.39 is 28.5 Å². The molecule has 0 spiro atoms. The van der Waals surface area contributed by atoms with E-state index in [1.165, 1.54) is 29.2 Å². The number of carbonyl (C=O) groups excluding carboxylic acids is 2. The summed E-state index contributed by atoms with van der Waals surface area (Å²) in [4.78, 5) is 28.2. The van der Waals surface area contributed by atoms with Crippen molar-refractivity contribution in [2.24, 2.45) is 0 Å². The van der Waals surface area contributed by atoms with E-state index in [9.17, 15) is 18.0 Å². The Balaban J connectivity index is 2.01. The highest BCUT2D eigenvalue weighted by Gasteiger charge is 2.32. The number of nitrogens with one attached hydrogen (secondary N) is 1. The highest BCUT2D eigenvalue weighted by atomic mass is 35.5. The molecule has 0 aliphatic heterocycles. The van der Waals surface area contributed by atoms with Crippen molar-refractivity contribution in [2.45, 2.75) is 51.2 Å². The summed E-state index contributed by atoms with van der Waals surface area (Å²) in [6, 6.07) is 20.9. The highest BCUT2D eigenvalue weighted by Crippen LogP contribution is 2.25. The molecule has 0 radical (unpaired) electrons. The number of halogens is 1. The van der Waals surface area contributed by atoms with Crippen LogP contribution in [-0.2, 0) is 26.2 Å². The number of carbonyl (C=O) groups is 2. The van der Waals surface area contributed by atoms with Gasteiger partial charge in [0.1, 0.15) is 12.6 Å². The minimum atomic E-state index is -4.12. The number of anilines is 1. The Labute approximate surface area is 224 Å². The van der Waals surface area contributed by atoms with Gasteiger partial charge in [0.15, 0.2) is 0 Å². The molecule has 0 aliphatic carbocycles. The monoisotopic (exact) mass is 541 g/mol. The molecule has 0 bridgehead atoms. The number of benzene rings is 3. The van der Waals surface area contributed by atoms with E-state index in [2.05, 4.69) is 5.32 Å². The van der Waals surface area contributed by atoms with Gasteiger partial charge in [-0.1, -0.05) is 54.1 Å². The summed E-state index contributed by atoms with van der Waals surface area (Å²) in [6.45, 7) is 6.93. The number of aryl methyl sites for hydroxylation is 1. The lowest BCUT2D eigenvalue weighted by molar-refractivity contribution is -0.139. The molecule has 1 N–H and O–H groups in total. The van der Waals surface area contributed by atoms with Crippen molar-refractivity contribution in [3.05, 3.63) is 95.0 Å². The fourth-order valence-corrected chi connectivity index (χ4v) is 5.36. The van der Waals surface area contributed by atoms with Gasteiger partial charge in [-0.2, -0.15) is 0 Å². The Kier molecular flexibility index (Phi) is 9.34. The zero-order valence-corrected chi connectivity index (χ0v) is 23.0. The van der Waals surface area contributed by atoms with Crippen LogP contribution >= 0.6 is 11.6 Å². The largest absolute Gasteiger partial charge is 0.352 e. The van der Waals surface area contributed by atoms with Crippen LogP contribution in [-0.4, -0.2) is 43.8 Å². The first-order valence-corrected chi connectivity index (χ1v) is 13.8. The van der Waals surface area contributed by atoms with Gasteiger partial charge in [0.2, 0.25) is 11.8 Å². The second-order valence-electron chi connectivity index (χ2n) is 9.09. The van der Waals surface area contributed by atoms with Gasteiger partial charge < -0.3 is 10.2 Å². The number of hydrogen-bond donors (Lipinski definition) is 1. The second kappa shape index (κ2) is 12.3. The molecule has 1 unspecified atom stereocenters. The predicted molar refractivity (Wildman–Crippen MR) is 147 cm³/mol. The topological polar surface area (TPSA) is 86.8 Å². The number of sulfonamides is 1. The summed E-state index contributed by atoms with van der Waals surface area (Å²) in [5.74, 6) is -0.820. The molecule has 3 rings (SSSR count). The Morgan fingerprint density at radius 1 is 0.892 bits per heavy atom. The molecule has 37 heavy (non-hydrogen) atoms. The molecule has 0 saturated heterocycles. The van der Waals surface area contributed by atoms with Gasteiger partial charge in [0, 0.05) is 17.6 Å². The third-order valence-electron chi connectivity index (χ3n) is 5.92. The van der Waals surface area contributed by atoms with Crippen LogP contribution in [0.4, 0.5) is 5.69 Å². The summed E-state index contributed by atoms with van der Waals surface area (Å²) in [5, 5.41) is 3.25. The predicted octanol–water partition coefficient (Wildman–Crippen LogP) is 4.79. The molecule has 0 fully saturated rings. The van der Waals surface area contributed by atoms with Crippen molar-refractivity contribution >= 4 is 39.1 Å². The van der Waals surface area contributed by atoms with Crippen molar-refractivity contribution in [3.63, 3.8) is 0 Å². The smallest absolute Gasteiger partial charge is 0.264 e. The molecule has 3 aromatic carbocycles. The zero-order chi connectivity index (χ0) is 27.2. The van der Waals surface area contributed by atoms with Crippen LogP contribution in [0.3, 0.4) is 0 Å². The molecule has 2 amide bonds. The third-order valence-corrected chi connectivity index (χ3v) is 7.96. The fraction of sp³-hybridized carbons (Fsp3) is 0.286. The van der Waals surface area contributed by atoms with E-state index in [0.717, 1.165) is 15.4 Å². The summed E-state index contributed by atoms with van der Waals surface area (Å²) < 4.78 is 28.5. The van der Waals surface area contributed by atoms with Gasteiger partial charge in [-0.3, -0.25) is 13.9 Å². The Morgan fingerprint density at radius 2 is 1.49 bits per heavy atom. The molecule has 9 heteroatoms. The van der Waals surface area contributed by atoms with E-state index >= 15 is 0 Å². The van der Waals surface area contributed by atoms with Crippen LogP contribution in [0.5, 0.6) is 0 Å². The van der Waals surface area contributed by atoms with Crippen molar-refractivity contribution in [1.29, 1.82) is 0 Å². The summed E-state index contributed by atoms with van der Waals surface area (Å²) >= 11 is 5.97. The number of nitrogens with zero attached hydrogens (tertiary/aromatic N) is 2. The first kappa shape index (κ1) is 28.2. The van der Waals surface area contributed by atoms with Crippen molar-refractivity contribution < 1.29 is 18.0 Å². The van der Waals surface area contributed by atoms with Crippen molar-refractivity contribution in [3.8, 4) is 0 Å². The first-order chi connectivity index (χ1) is 17.5. The maximum absolute atomic E-state index is 13.8. The standard InChI is InChI=1S/C28H32ClN3O4S/c1-20(2)30-28(34)22(4)31(18-23-11-9-8-10-21(23)3)27(33)19-32(25-12-6-5-7-13-25)37(35,36)26-16-14-24(29)15-17-26/h5-17,20,22H,18-19H2,1-4H3,(H,30,34). The first-order valence-electron chi connectivity index (χ1n) is 12.0. The van der Waals surface area contributed by atoms with E-state index in [1.54, 1.807) is 37.3 Å². The molecule has 0 aliphatic rings. The molecule has 7 nitrogen and oxygen atoms in total. The van der Waals surface area contributed by atoms with Crippen molar-refractivity contribution in [1.82, 2.24) is 10.2 Å². The minimum absolute atomic E-state index is 0.00426. The zero-order valence-electron chi connectivity index (χ0n) is 21.4. The summed E-state index contributed by atoms with van der Waals surface area (Å²) in [6.07, 6.45) is 0. The average molecular weight is 542 g/mol. The minimum Gasteiger partial charge on any atom is -0.352 e. The van der Waals surface area contributed by atoms with Crippen LogP contribution in [0.2, 0.25) is 5.02 Å². The van der Waals surface area contributed by atoms with Crippen LogP contribution in [0.25, 0.3) is 0 Å². The fourth-order valence-electron chi connectivity index (χ4n) is 3.82. The van der Waals surface area contributed by atoms with Crippen LogP contribution in [0.1, 0.15) is 31.9 Å². The Hall–Kier alpha value is -3.36. The Bertz CT molecular complexity index is 1330. The summed E-state index contributed by atoms with van der Waals surface area (Å²) in [5.41, 5.74) is 2.17. The quantitative estimate of drug-likeness (QED) is 0.400. The van der Waals surface area contributed by atoms with Gasteiger partial charge >= 0.3 is 0 Å². The summed E-state index contributed by atoms with van der Waals surface area (Å²) in [7, 11) is -4.12. The molecule has 1 atom stereocenters. The van der Waals surface area contributed by atoms with E-state index in [-0.39, 0.29) is 23.4 Å². The lowest BCUT2D eigenvalue weighted by atomic mass is 10.1. The molecule has 3 aromatic rings. The van der Waals surface area contributed by atoms with Crippen LogP contribution < -0.4 is 9.62 Å². The SMILES string of the molecule is Cc1ccccc1CN(C(=O)CN(c1ccccc1)S(=O)(=O)c1ccc(Cl)cc1)C(C)C(=O)NC(C)C. The van der Waals surface area contributed by atoms with Crippen LogP contribution in [0.15, 0.2) is 83.8 Å². The van der Waals surface area contributed by atoms with E-state index in [4.69, 9.17) is 11.6 Å². The van der Waals surface area contributed by atoms with Crippen LogP contribution in [0, 0.1) is 6.92 Å². The highest BCUT2D eigenvalue weighted by molar-refractivity contribution is 7.92. The van der Waals surface area contributed by atoms with Gasteiger partial charge in [-0.05, 0) is 75.2 Å². The van der Waals surface area contributed by atoms with Crippen molar-refractivity contribution in [2.75, 3.05) is 10.8 Å². The third kappa shape index (κ3) is 7.11. The normalized spacial score (nSPS) is 12.2. The maximum atomic E-state index is 13.8. The Morgan fingerprint density at radius 3 is 2.08 bits per heavy atom. The molecule has 0 saturated carbocycles. The van der Waals surface area contributed by atoms with E-state index in [1.807, 2.05) is 45.0 Å². The van der Waals surface area contributed by atoms with Gasteiger partial charge in [0.25, 0.3) is 10.0 Å². The lowest BCUT2D eigenvalue weighted by Gasteiger charge is -2.32. The number of para-hydroxylation sites is 1. The number of hydrogen-bond acceptors (Lipinski definition) is 4. The molecule has 196 valence electrons. The molecule has 0 aromatic heterocycles.